The van der Waals surface area contributed by atoms with Crippen LogP contribution in [-0.2, 0) is 11.3 Å². The summed E-state index contributed by atoms with van der Waals surface area (Å²) in [4.78, 5) is 25.0. The lowest BCUT2D eigenvalue weighted by molar-refractivity contribution is -0.139. The molecule has 6 rings (SSSR count). The van der Waals surface area contributed by atoms with E-state index >= 15 is 0 Å². The van der Waals surface area contributed by atoms with Gasteiger partial charge in [0.2, 0.25) is 17.6 Å². The van der Waals surface area contributed by atoms with Gasteiger partial charge in [0.05, 0.1) is 12.6 Å². The highest BCUT2D eigenvalue weighted by Gasteiger charge is 2.33. The Morgan fingerprint density at radius 3 is 2.02 bits per heavy atom. The van der Waals surface area contributed by atoms with E-state index in [-0.39, 0.29) is 12.0 Å². The summed E-state index contributed by atoms with van der Waals surface area (Å²) in [6.07, 6.45) is 1.74. The smallest absolute Gasteiger partial charge is 0.241 e. The molecule has 3 heterocycles. The third kappa shape index (κ3) is 6.01. The highest BCUT2D eigenvalue weighted by molar-refractivity contribution is 5.79. The molecule has 1 amide bonds. The Hall–Kier alpha value is -3.81. The molecule has 0 N–H and O–H groups in total. The SMILES string of the molecule is Cc1ccc(-c2noc(CN3CCC(C(=O)N4CCN(C(c5ccccc5)c5ccccc5)CC4)CC3)n2)cc1. The minimum atomic E-state index is 0.0904. The second-order valence-electron chi connectivity index (χ2n) is 11.0. The van der Waals surface area contributed by atoms with Gasteiger partial charge in [0.15, 0.2) is 0 Å². The number of amides is 1. The fourth-order valence-corrected chi connectivity index (χ4v) is 6.01. The Morgan fingerprint density at radius 1 is 0.825 bits per heavy atom. The molecule has 2 saturated heterocycles. The summed E-state index contributed by atoms with van der Waals surface area (Å²) in [7, 11) is 0. The minimum Gasteiger partial charge on any atom is -0.340 e. The fourth-order valence-electron chi connectivity index (χ4n) is 6.01. The largest absolute Gasteiger partial charge is 0.340 e. The van der Waals surface area contributed by atoms with Crippen LogP contribution in [0.15, 0.2) is 89.5 Å². The van der Waals surface area contributed by atoms with Crippen molar-refractivity contribution in [3.63, 3.8) is 0 Å². The van der Waals surface area contributed by atoms with Crippen LogP contribution in [0.1, 0.15) is 41.5 Å². The van der Waals surface area contributed by atoms with Gasteiger partial charge < -0.3 is 9.42 Å². The normalized spacial score (nSPS) is 17.4. The molecule has 0 unspecified atom stereocenters. The first-order valence-electron chi connectivity index (χ1n) is 14.4. The molecule has 0 radical (unpaired) electrons. The summed E-state index contributed by atoms with van der Waals surface area (Å²) in [5.41, 5.74) is 4.76. The lowest BCUT2D eigenvalue weighted by Crippen LogP contribution is -2.52. The number of carbonyl (C=O) groups excluding carboxylic acids is 1. The average Bonchev–Trinajstić information content (AvgIpc) is 3.47. The third-order valence-corrected chi connectivity index (χ3v) is 8.30. The maximum atomic E-state index is 13.5. The summed E-state index contributed by atoms with van der Waals surface area (Å²) < 4.78 is 5.53. The highest BCUT2D eigenvalue weighted by atomic mass is 16.5. The lowest BCUT2D eigenvalue weighted by Gasteiger charge is -2.41. The second kappa shape index (κ2) is 12.1. The number of piperazine rings is 1. The van der Waals surface area contributed by atoms with Gasteiger partial charge in [-0.25, -0.2) is 0 Å². The van der Waals surface area contributed by atoms with E-state index in [2.05, 4.69) is 105 Å². The number of carbonyl (C=O) groups is 1. The van der Waals surface area contributed by atoms with Gasteiger partial charge in [-0.05, 0) is 44.0 Å². The fraction of sp³-hybridized carbons (Fsp3) is 0.364. The van der Waals surface area contributed by atoms with Gasteiger partial charge in [0, 0.05) is 37.7 Å². The van der Waals surface area contributed by atoms with Gasteiger partial charge >= 0.3 is 0 Å². The summed E-state index contributed by atoms with van der Waals surface area (Å²) in [5.74, 6) is 1.66. The molecule has 0 bridgehead atoms. The monoisotopic (exact) mass is 535 g/mol. The van der Waals surface area contributed by atoms with Gasteiger partial charge in [-0.2, -0.15) is 4.98 Å². The van der Waals surface area contributed by atoms with Crippen LogP contribution in [-0.4, -0.2) is 70.0 Å². The lowest BCUT2D eigenvalue weighted by atomic mass is 9.94. The zero-order valence-electron chi connectivity index (χ0n) is 23.2. The van der Waals surface area contributed by atoms with Gasteiger partial charge in [-0.3, -0.25) is 14.6 Å². The van der Waals surface area contributed by atoms with Crippen molar-refractivity contribution in [1.29, 1.82) is 0 Å². The summed E-state index contributed by atoms with van der Waals surface area (Å²) in [5, 5.41) is 4.17. The topological polar surface area (TPSA) is 65.7 Å². The van der Waals surface area contributed by atoms with Crippen LogP contribution in [0.3, 0.4) is 0 Å². The minimum absolute atomic E-state index is 0.0904. The number of aryl methyl sites for hydroxylation is 1. The Bertz CT molecular complexity index is 1330. The number of hydrogen-bond acceptors (Lipinski definition) is 6. The van der Waals surface area contributed by atoms with E-state index < -0.39 is 0 Å². The predicted molar refractivity (Wildman–Crippen MR) is 155 cm³/mol. The van der Waals surface area contributed by atoms with Gasteiger partial charge in [0.25, 0.3) is 0 Å². The van der Waals surface area contributed by atoms with Crippen molar-refractivity contribution in [3.8, 4) is 11.4 Å². The van der Waals surface area contributed by atoms with Gasteiger partial charge in [-0.15, -0.1) is 0 Å². The number of nitrogens with zero attached hydrogens (tertiary/aromatic N) is 5. The maximum Gasteiger partial charge on any atom is 0.241 e. The predicted octanol–water partition coefficient (Wildman–Crippen LogP) is 5.19. The van der Waals surface area contributed by atoms with Crippen molar-refractivity contribution in [1.82, 2.24) is 24.8 Å². The summed E-state index contributed by atoms with van der Waals surface area (Å²) in [6, 6.07) is 29.8. The number of piperidine rings is 1. The van der Waals surface area contributed by atoms with E-state index in [4.69, 9.17) is 4.52 Å². The van der Waals surface area contributed by atoms with Crippen molar-refractivity contribution in [2.75, 3.05) is 39.3 Å². The molecule has 7 heteroatoms. The number of aromatic nitrogens is 2. The Kier molecular flexibility index (Phi) is 8.02. The first-order chi connectivity index (χ1) is 19.6. The molecule has 1 aromatic heterocycles. The van der Waals surface area contributed by atoms with Crippen LogP contribution < -0.4 is 0 Å². The van der Waals surface area contributed by atoms with Crippen molar-refractivity contribution in [2.45, 2.75) is 32.4 Å². The Labute approximate surface area is 236 Å². The molecule has 0 saturated carbocycles. The van der Waals surface area contributed by atoms with Gasteiger partial charge in [0.1, 0.15) is 0 Å². The van der Waals surface area contributed by atoms with E-state index in [0.29, 0.717) is 24.2 Å². The van der Waals surface area contributed by atoms with Crippen LogP contribution in [0.25, 0.3) is 11.4 Å². The standard InChI is InChI=1S/C33H37N5O2/c1-25-12-14-28(15-13-25)32-34-30(40-35-32)24-36-18-16-29(17-19-36)33(39)38-22-20-37(21-23-38)31(26-8-4-2-5-9-26)27-10-6-3-7-11-27/h2-15,29,31H,16-24H2,1H3. The Balaban J connectivity index is 1.01. The molecule has 0 atom stereocenters. The van der Waals surface area contributed by atoms with Gasteiger partial charge in [-0.1, -0.05) is 95.6 Å². The van der Waals surface area contributed by atoms with Crippen LogP contribution in [0.4, 0.5) is 0 Å². The van der Waals surface area contributed by atoms with Crippen LogP contribution in [0.2, 0.25) is 0 Å². The molecule has 40 heavy (non-hydrogen) atoms. The van der Waals surface area contributed by atoms with E-state index in [0.717, 1.165) is 57.7 Å². The zero-order valence-corrected chi connectivity index (χ0v) is 23.2. The zero-order chi connectivity index (χ0) is 27.3. The molecule has 3 aromatic carbocycles. The molecule has 7 nitrogen and oxygen atoms in total. The maximum absolute atomic E-state index is 13.5. The van der Waals surface area contributed by atoms with Crippen molar-refractivity contribution >= 4 is 5.91 Å². The van der Waals surface area contributed by atoms with Crippen molar-refractivity contribution < 1.29 is 9.32 Å². The molecule has 2 aliphatic heterocycles. The average molecular weight is 536 g/mol. The number of rotatable bonds is 7. The molecule has 0 spiro atoms. The van der Waals surface area contributed by atoms with E-state index in [1.54, 1.807) is 0 Å². The Morgan fingerprint density at radius 2 is 1.43 bits per heavy atom. The number of hydrogen-bond donors (Lipinski definition) is 0. The van der Waals surface area contributed by atoms with E-state index in [9.17, 15) is 4.79 Å². The highest BCUT2D eigenvalue weighted by Crippen LogP contribution is 2.30. The molecule has 0 aliphatic carbocycles. The summed E-state index contributed by atoms with van der Waals surface area (Å²) in [6.45, 7) is 7.72. The van der Waals surface area contributed by atoms with Crippen molar-refractivity contribution in [2.24, 2.45) is 5.92 Å². The number of benzene rings is 3. The molecule has 2 aliphatic rings. The molecular weight excluding hydrogens is 498 g/mol. The molecular formula is C33H37N5O2. The van der Waals surface area contributed by atoms with Crippen LogP contribution >= 0.6 is 0 Å². The van der Waals surface area contributed by atoms with E-state index in [1.165, 1.54) is 16.7 Å². The van der Waals surface area contributed by atoms with Crippen LogP contribution in [0.5, 0.6) is 0 Å². The first-order valence-corrected chi connectivity index (χ1v) is 14.4. The first kappa shape index (κ1) is 26.4. The quantitative estimate of drug-likeness (QED) is 0.325. The summed E-state index contributed by atoms with van der Waals surface area (Å²) >= 11 is 0. The van der Waals surface area contributed by atoms with Crippen molar-refractivity contribution in [3.05, 3.63) is 108 Å². The van der Waals surface area contributed by atoms with E-state index in [1.807, 2.05) is 12.1 Å². The van der Waals surface area contributed by atoms with Crippen LogP contribution in [0, 0.1) is 12.8 Å². The molecule has 4 aromatic rings. The molecule has 2 fully saturated rings. The third-order valence-electron chi connectivity index (χ3n) is 8.30. The number of likely N-dealkylation sites (tertiary alicyclic amines) is 1. The molecule has 206 valence electrons. The second-order valence-corrected chi connectivity index (χ2v) is 11.0.